The van der Waals surface area contributed by atoms with E-state index >= 15 is 0 Å². The van der Waals surface area contributed by atoms with Crippen LogP contribution in [0.5, 0.6) is 0 Å². The Hall–Kier alpha value is -2.45. The van der Waals surface area contributed by atoms with Crippen molar-refractivity contribution in [3.63, 3.8) is 0 Å². The molecule has 0 fully saturated rings. The van der Waals surface area contributed by atoms with E-state index in [0.29, 0.717) is 16.7 Å². The van der Waals surface area contributed by atoms with Gasteiger partial charge in [0, 0.05) is 13.6 Å². The van der Waals surface area contributed by atoms with E-state index in [1.165, 1.54) is 16.7 Å². The second kappa shape index (κ2) is 5.64. The summed E-state index contributed by atoms with van der Waals surface area (Å²) in [6, 6.07) is 9.51. The maximum Gasteiger partial charge on any atom is 0.419 e. The predicted octanol–water partition coefficient (Wildman–Crippen LogP) is 1.75. The molecule has 0 saturated heterocycles. The van der Waals surface area contributed by atoms with Crippen LogP contribution in [0.15, 0.2) is 56.6 Å². The number of hydrogen-bond donors (Lipinski definition) is 1. The number of oxazole rings is 1. The van der Waals surface area contributed by atoms with Gasteiger partial charge in [-0.1, -0.05) is 6.07 Å². The lowest BCUT2D eigenvalue weighted by molar-refractivity contribution is 0.528. The van der Waals surface area contributed by atoms with Crippen LogP contribution >= 0.6 is 0 Å². The minimum absolute atomic E-state index is 0.0179. The van der Waals surface area contributed by atoms with Crippen LogP contribution in [-0.4, -0.2) is 13.0 Å². The van der Waals surface area contributed by atoms with E-state index in [4.69, 9.17) is 4.42 Å². The summed E-state index contributed by atoms with van der Waals surface area (Å²) in [7, 11) is -2.17. The van der Waals surface area contributed by atoms with Crippen LogP contribution in [0.1, 0.15) is 5.56 Å². The van der Waals surface area contributed by atoms with Gasteiger partial charge in [0.05, 0.1) is 10.4 Å². The highest BCUT2D eigenvalue weighted by molar-refractivity contribution is 7.89. The number of aryl methyl sites for hydroxylation is 1. The molecule has 0 amide bonds. The van der Waals surface area contributed by atoms with Crippen LogP contribution in [-0.2, 0) is 23.6 Å². The van der Waals surface area contributed by atoms with Gasteiger partial charge in [-0.3, -0.25) is 4.57 Å². The van der Waals surface area contributed by atoms with Crippen molar-refractivity contribution in [1.29, 1.82) is 0 Å². The standard InChI is InChI=1S/C15H13FN2O4S/c1-18-13-8-10(2-7-14(13)22-15(18)19)9-17-23(20,21)12-5-3-11(16)4-6-12/h2-8,17H,9H2,1H3. The van der Waals surface area contributed by atoms with Gasteiger partial charge in [0.25, 0.3) is 0 Å². The first-order valence-electron chi connectivity index (χ1n) is 6.70. The first-order valence-corrected chi connectivity index (χ1v) is 8.19. The fourth-order valence-corrected chi connectivity index (χ4v) is 3.18. The van der Waals surface area contributed by atoms with Crippen molar-refractivity contribution in [2.45, 2.75) is 11.4 Å². The van der Waals surface area contributed by atoms with E-state index in [0.717, 1.165) is 12.1 Å². The summed E-state index contributed by atoms with van der Waals surface area (Å²) >= 11 is 0. The van der Waals surface area contributed by atoms with E-state index in [1.807, 2.05) is 0 Å². The summed E-state index contributed by atoms with van der Waals surface area (Å²) in [5, 5.41) is 0. The van der Waals surface area contributed by atoms with Crippen molar-refractivity contribution in [1.82, 2.24) is 9.29 Å². The Bertz CT molecular complexity index is 1020. The maximum atomic E-state index is 12.9. The minimum atomic E-state index is -3.74. The quantitative estimate of drug-likeness (QED) is 0.787. The van der Waals surface area contributed by atoms with Gasteiger partial charge >= 0.3 is 5.76 Å². The fraction of sp³-hybridized carbons (Fsp3) is 0.133. The van der Waals surface area contributed by atoms with Crippen LogP contribution in [0.3, 0.4) is 0 Å². The molecule has 0 saturated carbocycles. The van der Waals surface area contributed by atoms with Gasteiger partial charge in [-0.15, -0.1) is 0 Å². The molecular formula is C15H13FN2O4S. The van der Waals surface area contributed by atoms with Crippen molar-refractivity contribution >= 4 is 21.1 Å². The molecule has 3 rings (SSSR count). The summed E-state index contributed by atoms with van der Waals surface area (Å²) in [5.74, 6) is -0.987. The molecule has 8 heteroatoms. The molecule has 1 heterocycles. The van der Waals surface area contributed by atoms with Crippen LogP contribution in [0.4, 0.5) is 4.39 Å². The third-order valence-electron chi connectivity index (χ3n) is 3.45. The molecular weight excluding hydrogens is 323 g/mol. The molecule has 2 aromatic carbocycles. The Labute approximate surface area is 131 Å². The first kappa shape index (κ1) is 15.4. The highest BCUT2D eigenvalue weighted by Crippen LogP contribution is 2.15. The zero-order valence-electron chi connectivity index (χ0n) is 12.1. The normalized spacial score (nSPS) is 11.9. The van der Waals surface area contributed by atoms with Gasteiger partial charge in [0.1, 0.15) is 5.82 Å². The molecule has 0 spiro atoms. The Balaban J connectivity index is 1.83. The summed E-state index contributed by atoms with van der Waals surface area (Å²) in [6.45, 7) is 0.0367. The van der Waals surface area contributed by atoms with Gasteiger partial charge in [-0.05, 0) is 42.0 Å². The lowest BCUT2D eigenvalue weighted by Crippen LogP contribution is -2.23. The van der Waals surface area contributed by atoms with Gasteiger partial charge in [0.15, 0.2) is 5.58 Å². The zero-order chi connectivity index (χ0) is 16.6. The second-order valence-corrected chi connectivity index (χ2v) is 6.77. The number of aromatic nitrogens is 1. The number of sulfonamides is 1. The molecule has 0 aliphatic heterocycles. The van der Waals surface area contributed by atoms with Crippen molar-refractivity contribution in [2.75, 3.05) is 0 Å². The molecule has 3 aromatic rings. The molecule has 0 aliphatic rings. The van der Waals surface area contributed by atoms with Gasteiger partial charge in [-0.25, -0.2) is 22.3 Å². The lowest BCUT2D eigenvalue weighted by Gasteiger charge is -2.07. The molecule has 1 aromatic heterocycles. The highest BCUT2D eigenvalue weighted by atomic mass is 32.2. The Kier molecular flexibility index (Phi) is 3.78. The van der Waals surface area contributed by atoms with E-state index in [-0.39, 0.29) is 11.4 Å². The smallest absolute Gasteiger partial charge is 0.408 e. The number of nitrogens with zero attached hydrogens (tertiary/aromatic N) is 1. The molecule has 0 atom stereocenters. The van der Waals surface area contributed by atoms with Gasteiger partial charge < -0.3 is 4.42 Å². The summed E-state index contributed by atoms with van der Waals surface area (Å²) in [6.07, 6.45) is 0. The van der Waals surface area contributed by atoms with E-state index in [2.05, 4.69) is 4.72 Å². The number of nitrogens with one attached hydrogen (secondary N) is 1. The van der Waals surface area contributed by atoms with E-state index in [1.54, 1.807) is 25.2 Å². The van der Waals surface area contributed by atoms with Crippen molar-refractivity contribution in [3.8, 4) is 0 Å². The largest absolute Gasteiger partial charge is 0.419 e. The van der Waals surface area contributed by atoms with Crippen LogP contribution in [0, 0.1) is 5.82 Å². The molecule has 0 unspecified atom stereocenters. The van der Waals surface area contributed by atoms with Crippen LogP contribution < -0.4 is 10.5 Å². The monoisotopic (exact) mass is 336 g/mol. The molecule has 23 heavy (non-hydrogen) atoms. The number of halogens is 1. The third-order valence-corrected chi connectivity index (χ3v) is 4.86. The first-order chi connectivity index (χ1) is 10.9. The maximum absolute atomic E-state index is 12.9. The Morgan fingerprint density at radius 3 is 2.57 bits per heavy atom. The second-order valence-electron chi connectivity index (χ2n) is 5.01. The summed E-state index contributed by atoms with van der Waals surface area (Å²) in [4.78, 5) is 11.4. The lowest BCUT2D eigenvalue weighted by atomic mass is 10.2. The highest BCUT2D eigenvalue weighted by Gasteiger charge is 2.14. The Morgan fingerprint density at radius 2 is 1.87 bits per heavy atom. The predicted molar refractivity (Wildman–Crippen MR) is 81.9 cm³/mol. The fourth-order valence-electron chi connectivity index (χ4n) is 2.16. The number of benzene rings is 2. The number of rotatable bonds is 4. The zero-order valence-corrected chi connectivity index (χ0v) is 12.9. The topological polar surface area (TPSA) is 81.3 Å². The summed E-state index contributed by atoms with van der Waals surface area (Å²) in [5.41, 5.74) is 1.68. The molecule has 0 bridgehead atoms. The Morgan fingerprint density at radius 1 is 1.17 bits per heavy atom. The molecule has 1 N–H and O–H groups in total. The van der Waals surface area contributed by atoms with E-state index < -0.39 is 21.6 Å². The average molecular weight is 336 g/mol. The molecule has 120 valence electrons. The van der Waals surface area contributed by atoms with Crippen molar-refractivity contribution in [3.05, 3.63) is 64.4 Å². The molecule has 0 radical (unpaired) electrons. The van der Waals surface area contributed by atoms with Crippen molar-refractivity contribution < 1.29 is 17.2 Å². The van der Waals surface area contributed by atoms with Gasteiger partial charge in [-0.2, -0.15) is 0 Å². The summed E-state index contributed by atoms with van der Waals surface area (Å²) < 4.78 is 45.9. The minimum Gasteiger partial charge on any atom is -0.408 e. The van der Waals surface area contributed by atoms with E-state index in [9.17, 15) is 17.6 Å². The molecule has 0 aliphatic carbocycles. The third kappa shape index (κ3) is 3.03. The number of fused-ring (bicyclic) bond motifs is 1. The molecule has 6 nitrogen and oxygen atoms in total. The van der Waals surface area contributed by atoms with Gasteiger partial charge in [0.2, 0.25) is 10.0 Å². The van der Waals surface area contributed by atoms with Crippen LogP contribution in [0.25, 0.3) is 11.1 Å². The SMILES string of the molecule is Cn1c(=O)oc2ccc(CNS(=O)(=O)c3ccc(F)cc3)cc21. The van der Waals surface area contributed by atoms with Crippen molar-refractivity contribution in [2.24, 2.45) is 7.05 Å². The van der Waals surface area contributed by atoms with Crippen LogP contribution in [0.2, 0.25) is 0 Å². The average Bonchev–Trinajstić information content (AvgIpc) is 2.81. The number of hydrogen-bond acceptors (Lipinski definition) is 4.